The number of hydrogen-bond acceptors (Lipinski definition) is 4. The van der Waals surface area contributed by atoms with Gasteiger partial charge in [-0.3, -0.25) is 0 Å². The molecule has 0 radical (unpaired) electrons. The molecule has 0 fully saturated rings. The number of oxime groups is 1. The molecular weight excluding hydrogens is 206 g/mol. The van der Waals surface area contributed by atoms with E-state index >= 15 is 0 Å². The molecule has 0 spiro atoms. The van der Waals surface area contributed by atoms with Crippen LogP contribution in [0.25, 0.3) is 11.0 Å². The van der Waals surface area contributed by atoms with Crippen molar-refractivity contribution in [2.45, 2.75) is 13.5 Å². The second-order valence-electron chi connectivity index (χ2n) is 3.67. The quantitative estimate of drug-likeness (QED) is 0.532. The van der Waals surface area contributed by atoms with Gasteiger partial charge in [-0.25, -0.2) is 9.78 Å². The summed E-state index contributed by atoms with van der Waals surface area (Å²) in [6.45, 7) is 1.94. The summed E-state index contributed by atoms with van der Waals surface area (Å²) in [5, 5.41) is 3.85. The lowest BCUT2D eigenvalue weighted by molar-refractivity contribution is -0.140. The molecule has 1 aliphatic heterocycles. The largest absolute Gasteiger partial charge is 0.331 e. The highest BCUT2D eigenvalue weighted by Gasteiger charge is 2.21. The normalized spacial score (nSPS) is 15.9. The summed E-state index contributed by atoms with van der Waals surface area (Å²) in [5.41, 5.74) is 3.73. The molecule has 1 aromatic heterocycles. The molecule has 0 saturated heterocycles. The first kappa shape index (κ1) is 9.08. The molecule has 1 aromatic carbocycles. The zero-order valence-electron chi connectivity index (χ0n) is 8.67. The van der Waals surface area contributed by atoms with Crippen molar-refractivity contribution in [1.29, 1.82) is 0 Å². The second kappa shape index (κ2) is 3.16. The molecule has 2 heterocycles. The van der Waals surface area contributed by atoms with Crippen molar-refractivity contribution in [3.05, 3.63) is 30.1 Å². The van der Waals surface area contributed by atoms with Crippen molar-refractivity contribution >= 4 is 22.7 Å². The van der Waals surface area contributed by atoms with Crippen LogP contribution in [0.1, 0.15) is 12.5 Å². The van der Waals surface area contributed by atoms with Gasteiger partial charge in [0.25, 0.3) is 0 Å². The molecule has 16 heavy (non-hydrogen) atoms. The van der Waals surface area contributed by atoms with Crippen molar-refractivity contribution in [1.82, 2.24) is 9.55 Å². The smallest absolute Gasteiger partial charge is 0.324 e. The van der Waals surface area contributed by atoms with Crippen LogP contribution >= 0.6 is 0 Å². The van der Waals surface area contributed by atoms with Gasteiger partial charge in [-0.2, -0.15) is 0 Å². The van der Waals surface area contributed by atoms with E-state index in [-0.39, 0.29) is 0 Å². The maximum Gasteiger partial charge on any atom is 0.331 e. The molecule has 5 heteroatoms. The standard InChI is InChI=1S/C11H9N3O2/c1-7(15)16-13-10-5-14-6-12-9-4-2-3-8(10)11(9)14/h2-4,6H,5H2,1H3/b13-10+. The molecule has 5 nitrogen and oxygen atoms in total. The fourth-order valence-corrected chi connectivity index (χ4v) is 1.92. The van der Waals surface area contributed by atoms with Crippen LogP contribution in [0.4, 0.5) is 0 Å². The highest BCUT2D eigenvalue weighted by atomic mass is 16.7. The van der Waals surface area contributed by atoms with Gasteiger partial charge in [0.1, 0.15) is 5.71 Å². The summed E-state index contributed by atoms with van der Waals surface area (Å²) in [6, 6.07) is 5.82. The van der Waals surface area contributed by atoms with Gasteiger partial charge in [0.15, 0.2) is 0 Å². The summed E-state index contributed by atoms with van der Waals surface area (Å²) in [6.07, 6.45) is 1.77. The van der Waals surface area contributed by atoms with Gasteiger partial charge in [0.2, 0.25) is 0 Å². The minimum Gasteiger partial charge on any atom is -0.324 e. The van der Waals surface area contributed by atoms with Crippen LogP contribution in [-0.4, -0.2) is 21.2 Å². The molecule has 0 atom stereocenters. The van der Waals surface area contributed by atoms with E-state index in [1.54, 1.807) is 6.33 Å². The topological polar surface area (TPSA) is 56.5 Å². The SMILES string of the molecule is CC(=O)O/N=C1\Cn2cnc3cccc1c32. The summed E-state index contributed by atoms with van der Waals surface area (Å²) < 4.78 is 1.99. The fraction of sp³-hybridized carbons (Fsp3) is 0.182. The first-order valence-corrected chi connectivity index (χ1v) is 4.94. The molecular formula is C11H9N3O2. The zero-order valence-corrected chi connectivity index (χ0v) is 8.67. The fourth-order valence-electron chi connectivity index (χ4n) is 1.92. The average molecular weight is 215 g/mol. The van der Waals surface area contributed by atoms with Gasteiger partial charge in [0, 0.05) is 12.5 Å². The third-order valence-electron chi connectivity index (χ3n) is 2.55. The third kappa shape index (κ3) is 1.21. The van der Waals surface area contributed by atoms with E-state index < -0.39 is 5.97 Å². The molecule has 1 aliphatic rings. The Hall–Kier alpha value is -2.17. The average Bonchev–Trinajstić information content (AvgIpc) is 2.82. The zero-order chi connectivity index (χ0) is 11.1. The van der Waals surface area contributed by atoms with Crippen LogP contribution in [-0.2, 0) is 16.2 Å². The van der Waals surface area contributed by atoms with E-state index in [9.17, 15) is 4.79 Å². The summed E-state index contributed by atoms with van der Waals surface area (Å²) >= 11 is 0. The first-order chi connectivity index (χ1) is 7.75. The Balaban J connectivity index is 2.11. The van der Waals surface area contributed by atoms with Crippen molar-refractivity contribution in [3.63, 3.8) is 0 Å². The minimum absolute atomic E-state index is 0.408. The Morgan fingerprint density at radius 1 is 1.56 bits per heavy atom. The molecule has 0 unspecified atom stereocenters. The molecule has 80 valence electrons. The van der Waals surface area contributed by atoms with Crippen molar-refractivity contribution in [2.24, 2.45) is 5.16 Å². The van der Waals surface area contributed by atoms with Crippen LogP contribution in [0, 0.1) is 0 Å². The van der Waals surface area contributed by atoms with Gasteiger partial charge >= 0.3 is 5.97 Å². The molecule has 0 bridgehead atoms. The summed E-state index contributed by atoms with van der Waals surface area (Å²) in [4.78, 5) is 19.6. The van der Waals surface area contributed by atoms with E-state index in [0.717, 1.165) is 22.3 Å². The van der Waals surface area contributed by atoms with Crippen molar-refractivity contribution < 1.29 is 9.63 Å². The van der Waals surface area contributed by atoms with Crippen molar-refractivity contribution in [3.8, 4) is 0 Å². The minimum atomic E-state index is -0.408. The Kier molecular flexibility index (Phi) is 1.80. The highest BCUT2D eigenvalue weighted by molar-refractivity contribution is 6.12. The number of rotatable bonds is 1. The predicted molar refractivity (Wildman–Crippen MR) is 58.0 cm³/mol. The van der Waals surface area contributed by atoms with Gasteiger partial charge < -0.3 is 9.40 Å². The lowest BCUT2D eigenvalue weighted by atomic mass is 10.1. The number of carbonyl (C=O) groups excluding carboxylic acids is 1. The highest BCUT2D eigenvalue weighted by Crippen LogP contribution is 2.25. The van der Waals surface area contributed by atoms with E-state index in [2.05, 4.69) is 15.0 Å². The first-order valence-electron chi connectivity index (χ1n) is 4.94. The number of hydrogen-bond donors (Lipinski definition) is 0. The Labute approximate surface area is 91.3 Å². The molecule has 0 saturated carbocycles. The predicted octanol–water partition coefficient (Wildman–Crippen LogP) is 1.32. The monoisotopic (exact) mass is 215 g/mol. The van der Waals surface area contributed by atoms with E-state index in [4.69, 9.17) is 0 Å². The number of aromatic nitrogens is 2. The summed E-state index contributed by atoms with van der Waals surface area (Å²) in [5.74, 6) is -0.408. The van der Waals surface area contributed by atoms with E-state index in [1.165, 1.54) is 6.92 Å². The van der Waals surface area contributed by atoms with Crippen LogP contribution in [0.5, 0.6) is 0 Å². The van der Waals surface area contributed by atoms with E-state index in [1.807, 2.05) is 22.8 Å². The molecule has 2 aromatic rings. The lowest BCUT2D eigenvalue weighted by Crippen LogP contribution is -2.04. The van der Waals surface area contributed by atoms with Gasteiger partial charge in [-0.15, -0.1) is 0 Å². The lowest BCUT2D eigenvalue weighted by Gasteiger charge is -1.97. The molecule has 0 N–H and O–H groups in total. The maximum absolute atomic E-state index is 10.7. The van der Waals surface area contributed by atoms with Gasteiger partial charge in [-0.05, 0) is 6.07 Å². The third-order valence-corrected chi connectivity index (χ3v) is 2.55. The number of imidazole rings is 1. The number of carbonyl (C=O) groups is 1. The Bertz CT molecular complexity index is 613. The maximum atomic E-state index is 10.7. The van der Waals surface area contributed by atoms with Crippen molar-refractivity contribution in [2.75, 3.05) is 0 Å². The van der Waals surface area contributed by atoms with Crippen LogP contribution < -0.4 is 0 Å². The number of benzene rings is 1. The molecule has 0 aliphatic carbocycles. The number of para-hydroxylation sites is 1. The summed E-state index contributed by atoms with van der Waals surface area (Å²) in [7, 11) is 0. The van der Waals surface area contributed by atoms with E-state index in [0.29, 0.717) is 6.54 Å². The van der Waals surface area contributed by atoms with Crippen LogP contribution in [0.3, 0.4) is 0 Å². The molecule has 3 rings (SSSR count). The Morgan fingerprint density at radius 3 is 3.25 bits per heavy atom. The second-order valence-corrected chi connectivity index (χ2v) is 3.67. The van der Waals surface area contributed by atoms with Gasteiger partial charge in [0.05, 0.1) is 23.9 Å². The van der Waals surface area contributed by atoms with Gasteiger partial charge in [-0.1, -0.05) is 17.3 Å². The Morgan fingerprint density at radius 2 is 2.44 bits per heavy atom. The molecule has 0 amide bonds. The van der Waals surface area contributed by atoms with Crippen LogP contribution in [0.2, 0.25) is 0 Å². The van der Waals surface area contributed by atoms with Crippen LogP contribution in [0.15, 0.2) is 29.7 Å². The number of nitrogens with zero attached hydrogens (tertiary/aromatic N) is 3.